The van der Waals surface area contributed by atoms with Crippen LogP contribution in [0.5, 0.6) is 0 Å². The second-order valence-corrected chi connectivity index (χ2v) is 9.82. The Hall–Kier alpha value is -3.41. The van der Waals surface area contributed by atoms with E-state index in [9.17, 15) is 4.79 Å². The van der Waals surface area contributed by atoms with Crippen molar-refractivity contribution in [1.29, 1.82) is 5.26 Å². The van der Waals surface area contributed by atoms with Crippen LogP contribution in [0, 0.1) is 11.3 Å². The van der Waals surface area contributed by atoms with Crippen LogP contribution in [0.25, 0.3) is 0 Å². The second-order valence-electron chi connectivity index (χ2n) is 7.48. The van der Waals surface area contributed by atoms with Crippen molar-refractivity contribution in [2.75, 3.05) is 5.32 Å². The van der Waals surface area contributed by atoms with Crippen molar-refractivity contribution in [1.82, 2.24) is 14.8 Å². The molecule has 1 unspecified atom stereocenters. The van der Waals surface area contributed by atoms with E-state index in [1.807, 2.05) is 31.2 Å². The van der Waals surface area contributed by atoms with Crippen molar-refractivity contribution in [3.05, 3.63) is 93.9 Å². The number of carbonyl (C=O) groups is 1. The fourth-order valence-corrected chi connectivity index (χ4v) is 4.93. The van der Waals surface area contributed by atoms with Gasteiger partial charge < -0.3 is 9.88 Å². The van der Waals surface area contributed by atoms with Gasteiger partial charge in [-0.15, -0.1) is 21.5 Å². The molecule has 8 heteroatoms. The van der Waals surface area contributed by atoms with Gasteiger partial charge in [0, 0.05) is 23.5 Å². The van der Waals surface area contributed by atoms with E-state index in [2.05, 4.69) is 49.7 Å². The molecule has 4 rings (SSSR count). The summed E-state index contributed by atoms with van der Waals surface area (Å²) in [6.07, 6.45) is 1.56. The quantitative estimate of drug-likeness (QED) is 0.339. The zero-order valence-electron chi connectivity index (χ0n) is 18.1. The van der Waals surface area contributed by atoms with Crippen molar-refractivity contribution in [2.45, 2.75) is 36.7 Å². The number of nitrogens with zero attached hydrogens (tertiary/aromatic N) is 4. The summed E-state index contributed by atoms with van der Waals surface area (Å²) in [4.78, 5) is 14.0. The predicted octanol–water partition coefficient (Wildman–Crippen LogP) is 5.16. The van der Waals surface area contributed by atoms with E-state index >= 15 is 0 Å². The Kier molecular flexibility index (Phi) is 7.55. The molecule has 1 N–H and O–H groups in total. The number of amides is 1. The predicted molar refractivity (Wildman–Crippen MR) is 132 cm³/mol. The molecule has 0 fully saturated rings. The van der Waals surface area contributed by atoms with Crippen LogP contribution in [0.2, 0.25) is 0 Å². The van der Waals surface area contributed by atoms with Crippen LogP contribution in [0.4, 0.5) is 5.69 Å². The van der Waals surface area contributed by atoms with Crippen molar-refractivity contribution >= 4 is 34.7 Å². The summed E-state index contributed by atoms with van der Waals surface area (Å²) in [7, 11) is 0. The van der Waals surface area contributed by atoms with Gasteiger partial charge in [-0.3, -0.25) is 4.79 Å². The van der Waals surface area contributed by atoms with Crippen molar-refractivity contribution in [3.63, 3.8) is 0 Å². The molecule has 1 amide bonds. The van der Waals surface area contributed by atoms with Gasteiger partial charge in [0.25, 0.3) is 0 Å². The molecule has 2 heterocycles. The van der Waals surface area contributed by atoms with E-state index in [-0.39, 0.29) is 11.2 Å². The lowest BCUT2D eigenvalue weighted by Crippen LogP contribution is -2.23. The number of nitriles is 1. The highest BCUT2D eigenvalue weighted by atomic mass is 32.2. The molecule has 166 valence electrons. The van der Waals surface area contributed by atoms with E-state index < -0.39 is 0 Å². The van der Waals surface area contributed by atoms with Crippen LogP contribution in [0.3, 0.4) is 0 Å². The molecular weight excluding hydrogens is 450 g/mol. The summed E-state index contributed by atoms with van der Waals surface area (Å²) >= 11 is 3.09. The molecule has 6 nitrogen and oxygen atoms in total. The summed E-state index contributed by atoms with van der Waals surface area (Å²) in [5, 5.41) is 23.2. The number of carbonyl (C=O) groups excluding carboxylic acids is 1. The van der Waals surface area contributed by atoms with Crippen molar-refractivity contribution in [3.8, 4) is 6.07 Å². The average Bonchev–Trinajstić information content (AvgIpc) is 3.49. The zero-order valence-corrected chi connectivity index (χ0v) is 19.8. The van der Waals surface area contributed by atoms with Crippen molar-refractivity contribution in [2.24, 2.45) is 0 Å². The summed E-state index contributed by atoms with van der Waals surface area (Å²) < 4.78 is 2.12. The van der Waals surface area contributed by atoms with E-state index in [0.29, 0.717) is 17.7 Å². The standard InChI is InChI=1S/C25H23N5OS2/c1-18(24(31)27-21-10-5-9-20(15-21)17-26)33-25-29-28-23(16-22-11-6-14-32-22)30(25)13-12-19-7-3-2-4-8-19/h2-11,14-15,18H,12-13,16H2,1H3,(H,27,31). The highest BCUT2D eigenvalue weighted by Crippen LogP contribution is 2.25. The van der Waals surface area contributed by atoms with Crippen LogP contribution in [0.15, 0.2) is 77.3 Å². The molecule has 0 aliphatic rings. The Morgan fingerprint density at radius 1 is 1.15 bits per heavy atom. The third-order valence-corrected chi connectivity index (χ3v) is 7.04. The number of benzene rings is 2. The van der Waals surface area contributed by atoms with E-state index in [1.165, 1.54) is 22.2 Å². The van der Waals surface area contributed by atoms with Gasteiger partial charge in [0.15, 0.2) is 5.16 Å². The number of nitrogens with one attached hydrogen (secondary N) is 1. The molecule has 2 aromatic heterocycles. The second kappa shape index (κ2) is 10.9. The molecular formula is C25H23N5OS2. The summed E-state index contributed by atoms with van der Waals surface area (Å²) in [6, 6.07) is 23.4. The highest BCUT2D eigenvalue weighted by Gasteiger charge is 2.21. The lowest BCUT2D eigenvalue weighted by atomic mass is 10.1. The molecule has 2 aromatic carbocycles. The topological polar surface area (TPSA) is 83.6 Å². The molecule has 0 aliphatic carbocycles. The maximum atomic E-state index is 12.8. The average molecular weight is 474 g/mol. The first-order chi connectivity index (χ1) is 16.1. The van der Waals surface area contributed by atoms with E-state index in [0.717, 1.165) is 23.9 Å². The van der Waals surface area contributed by atoms with Gasteiger partial charge in [-0.25, -0.2) is 0 Å². The van der Waals surface area contributed by atoms with Gasteiger partial charge in [-0.05, 0) is 48.6 Å². The molecule has 0 aliphatic heterocycles. The Balaban J connectivity index is 1.49. The molecule has 0 bridgehead atoms. The molecule has 1 atom stereocenters. The monoisotopic (exact) mass is 473 g/mol. The Labute approximate surface area is 201 Å². The molecule has 0 saturated carbocycles. The molecule has 0 saturated heterocycles. The van der Waals surface area contributed by atoms with Crippen LogP contribution in [-0.4, -0.2) is 25.9 Å². The number of hydrogen-bond acceptors (Lipinski definition) is 6. The first-order valence-electron chi connectivity index (χ1n) is 10.6. The largest absolute Gasteiger partial charge is 0.325 e. The van der Waals surface area contributed by atoms with Gasteiger partial charge in [0.05, 0.1) is 16.9 Å². The number of hydrogen-bond donors (Lipinski definition) is 1. The van der Waals surface area contributed by atoms with Crippen molar-refractivity contribution < 1.29 is 4.79 Å². The molecule has 4 aromatic rings. The normalized spacial score (nSPS) is 11.6. The lowest BCUT2D eigenvalue weighted by molar-refractivity contribution is -0.115. The summed E-state index contributed by atoms with van der Waals surface area (Å²) in [6.45, 7) is 2.59. The number of anilines is 1. The van der Waals surface area contributed by atoms with Gasteiger partial charge in [0.2, 0.25) is 5.91 Å². The fourth-order valence-electron chi connectivity index (χ4n) is 3.34. The first-order valence-corrected chi connectivity index (χ1v) is 12.3. The van der Waals surface area contributed by atoms with Crippen LogP contribution in [0.1, 0.15) is 28.8 Å². The van der Waals surface area contributed by atoms with Crippen LogP contribution in [-0.2, 0) is 24.2 Å². The minimum Gasteiger partial charge on any atom is -0.325 e. The van der Waals surface area contributed by atoms with Gasteiger partial charge >= 0.3 is 0 Å². The number of thiophene rings is 1. The lowest BCUT2D eigenvalue weighted by Gasteiger charge is -2.14. The number of rotatable bonds is 9. The van der Waals surface area contributed by atoms with E-state index in [4.69, 9.17) is 5.26 Å². The third-order valence-electron chi connectivity index (χ3n) is 5.08. The smallest absolute Gasteiger partial charge is 0.237 e. The van der Waals surface area contributed by atoms with Crippen LogP contribution >= 0.6 is 23.1 Å². The number of aryl methyl sites for hydroxylation is 1. The maximum Gasteiger partial charge on any atom is 0.237 e. The maximum absolute atomic E-state index is 12.8. The zero-order chi connectivity index (χ0) is 23.0. The highest BCUT2D eigenvalue weighted by molar-refractivity contribution is 8.00. The first kappa shape index (κ1) is 22.8. The fraction of sp³-hybridized carbons (Fsp3) is 0.200. The molecule has 0 radical (unpaired) electrons. The van der Waals surface area contributed by atoms with Gasteiger partial charge in [-0.2, -0.15) is 5.26 Å². The van der Waals surface area contributed by atoms with Gasteiger partial charge in [-0.1, -0.05) is 54.2 Å². The Morgan fingerprint density at radius 3 is 2.76 bits per heavy atom. The number of aromatic nitrogens is 3. The Morgan fingerprint density at radius 2 is 2.00 bits per heavy atom. The summed E-state index contributed by atoms with van der Waals surface area (Å²) in [5.41, 5.74) is 2.36. The Bertz CT molecular complexity index is 1250. The SMILES string of the molecule is CC(Sc1nnc(Cc2cccs2)n1CCc1ccccc1)C(=O)Nc1cccc(C#N)c1. The minimum atomic E-state index is -0.384. The van der Waals surface area contributed by atoms with Gasteiger partial charge in [0.1, 0.15) is 5.82 Å². The molecule has 33 heavy (non-hydrogen) atoms. The minimum absolute atomic E-state index is 0.146. The summed E-state index contributed by atoms with van der Waals surface area (Å²) in [5.74, 6) is 0.748. The third kappa shape index (κ3) is 6.09. The number of thioether (sulfide) groups is 1. The van der Waals surface area contributed by atoms with Crippen LogP contribution < -0.4 is 5.32 Å². The molecule has 0 spiro atoms. The van der Waals surface area contributed by atoms with E-state index in [1.54, 1.807) is 35.6 Å².